The molecule has 21 heavy (non-hydrogen) atoms. The summed E-state index contributed by atoms with van der Waals surface area (Å²) in [6.07, 6.45) is 3.84. The second kappa shape index (κ2) is 7.74. The molecule has 4 heteroatoms. The Morgan fingerprint density at radius 2 is 1.95 bits per heavy atom. The predicted octanol–water partition coefficient (Wildman–Crippen LogP) is 3.08. The fourth-order valence-electron chi connectivity index (χ4n) is 2.37. The summed E-state index contributed by atoms with van der Waals surface area (Å²) in [5, 5.41) is 3.50. The maximum Gasteiger partial charge on any atom is 0.125 e. The molecule has 1 atom stereocenters. The van der Waals surface area contributed by atoms with Gasteiger partial charge in [-0.15, -0.1) is 0 Å². The van der Waals surface area contributed by atoms with Crippen LogP contribution in [0.4, 0.5) is 0 Å². The second-order valence-electron chi connectivity index (χ2n) is 5.03. The van der Waals surface area contributed by atoms with Crippen molar-refractivity contribution in [3.8, 4) is 5.75 Å². The Hall–Kier alpha value is -1.94. The third-order valence-electron chi connectivity index (χ3n) is 3.49. The molecule has 0 amide bonds. The molecule has 0 bridgehead atoms. The normalized spacial score (nSPS) is 12.1. The third-order valence-corrected chi connectivity index (χ3v) is 3.49. The summed E-state index contributed by atoms with van der Waals surface area (Å²) in [6, 6.07) is 10.5. The summed E-state index contributed by atoms with van der Waals surface area (Å²) in [5.74, 6) is 1.72. The van der Waals surface area contributed by atoms with Crippen molar-refractivity contribution in [2.45, 2.75) is 32.7 Å². The van der Waals surface area contributed by atoms with E-state index in [1.165, 1.54) is 5.56 Å². The topological polar surface area (TPSA) is 47.0 Å². The lowest BCUT2D eigenvalue weighted by molar-refractivity contribution is 0.414. The number of rotatable bonds is 7. The fraction of sp³-hybridized carbons (Fsp3) is 0.412. The Kier molecular flexibility index (Phi) is 5.69. The molecular weight excluding hydrogens is 262 g/mol. The van der Waals surface area contributed by atoms with Crippen molar-refractivity contribution in [2.24, 2.45) is 0 Å². The van der Waals surface area contributed by atoms with E-state index >= 15 is 0 Å². The second-order valence-corrected chi connectivity index (χ2v) is 5.03. The molecule has 1 N–H and O–H groups in total. The molecule has 0 aliphatic carbocycles. The van der Waals surface area contributed by atoms with E-state index in [-0.39, 0.29) is 6.04 Å². The molecule has 4 nitrogen and oxygen atoms in total. The molecule has 1 aromatic heterocycles. The number of aryl methyl sites for hydroxylation is 2. The highest BCUT2D eigenvalue weighted by molar-refractivity contribution is 5.27. The maximum atomic E-state index is 5.19. The smallest absolute Gasteiger partial charge is 0.125 e. The lowest BCUT2D eigenvalue weighted by Gasteiger charge is -2.17. The van der Waals surface area contributed by atoms with E-state index in [0.717, 1.165) is 36.7 Å². The van der Waals surface area contributed by atoms with Crippen LogP contribution in [-0.4, -0.2) is 23.6 Å². The zero-order valence-electron chi connectivity index (χ0n) is 13.0. The largest absolute Gasteiger partial charge is 0.497 e. The summed E-state index contributed by atoms with van der Waals surface area (Å²) >= 11 is 0. The van der Waals surface area contributed by atoms with Crippen LogP contribution in [0.15, 0.2) is 36.5 Å². The van der Waals surface area contributed by atoms with Gasteiger partial charge >= 0.3 is 0 Å². The van der Waals surface area contributed by atoms with Crippen molar-refractivity contribution in [3.63, 3.8) is 0 Å². The number of methoxy groups -OCH3 is 1. The minimum absolute atomic E-state index is 0.263. The van der Waals surface area contributed by atoms with Crippen molar-refractivity contribution >= 4 is 0 Å². The van der Waals surface area contributed by atoms with Crippen LogP contribution in [0.5, 0.6) is 5.75 Å². The van der Waals surface area contributed by atoms with Crippen LogP contribution in [0.3, 0.4) is 0 Å². The average molecular weight is 285 g/mol. The molecule has 0 radical (unpaired) electrons. The van der Waals surface area contributed by atoms with E-state index in [1.54, 1.807) is 7.11 Å². The highest BCUT2D eigenvalue weighted by atomic mass is 16.5. The molecule has 2 rings (SSSR count). The molecule has 0 spiro atoms. The zero-order chi connectivity index (χ0) is 15.1. The van der Waals surface area contributed by atoms with E-state index in [9.17, 15) is 0 Å². The number of nitrogens with zero attached hydrogens (tertiary/aromatic N) is 2. The van der Waals surface area contributed by atoms with Crippen LogP contribution < -0.4 is 10.1 Å². The first-order chi connectivity index (χ1) is 10.2. The minimum Gasteiger partial charge on any atom is -0.497 e. The lowest BCUT2D eigenvalue weighted by atomic mass is 10.0. The van der Waals surface area contributed by atoms with Crippen LogP contribution in [0.2, 0.25) is 0 Å². The van der Waals surface area contributed by atoms with Gasteiger partial charge in [0.15, 0.2) is 0 Å². The number of aromatic nitrogens is 2. The van der Waals surface area contributed by atoms with Crippen LogP contribution in [0, 0.1) is 6.92 Å². The molecule has 0 saturated carbocycles. The van der Waals surface area contributed by atoms with Gasteiger partial charge in [-0.05, 0) is 50.1 Å². The molecule has 1 unspecified atom stereocenters. The van der Waals surface area contributed by atoms with Gasteiger partial charge in [0.1, 0.15) is 11.6 Å². The summed E-state index contributed by atoms with van der Waals surface area (Å²) in [6.45, 7) is 4.97. The summed E-state index contributed by atoms with van der Waals surface area (Å²) < 4.78 is 5.19. The Labute approximate surface area is 126 Å². The van der Waals surface area contributed by atoms with E-state index in [0.29, 0.717) is 0 Å². The van der Waals surface area contributed by atoms with Gasteiger partial charge in [-0.25, -0.2) is 9.97 Å². The Morgan fingerprint density at radius 3 is 2.57 bits per heavy atom. The van der Waals surface area contributed by atoms with Gasteiger partial charge in [0.25, 0.3) is 0 Å². The predicted molar refractivity (Wildman–Crippen MR) is 84.5 cm³/mol. The van der Waals surface area contributed by atoms with E-state index in [4.69, 9.17) is 4.74 Å². The highest BCUT2D eigenvalue weighted by Gasteiger charge is 2.12. The van der Waals surface area contributed by atoms with Crippen molar-refractivity contribution in [3.05, 3.63) is 53.6 Å². The molecule has 0 aliphatic heterocycles. The molecule has 0 fully saturated rings. The first kappa shape index (κ1) is 15.4. The SMILES string of the molecule is CCNC(CCc1ccc(OC)cc1)c1ccnc(C)n1. The van der Waals surface area contributed by atoms with Crippen LogP contribution >= 0.6 is 0 Å². The third kappa shape index (κ3) is 4.53. The van der Waals surface area contributed by atoms with Crippen molar-refractivity contribution in [2.75, 3.05) is 13.7 Å². The summed E-state index contributed by atoms with van der Waals surface area (Å²) in [7, 11) is 1.69. The van der Waals surface area contributed by atoms with Crippen LogP contribution in [0.1, 0.15) is 36.5 Å². The van der Waals surface area contributed by atoms with Crippen molar-refractivity contribution in [1.29, 1.82) is 0 Å². The molecule has 2 aromatic rings. The monoisotopic (exact) mass is 285 g/mol. The first-order valence-electron chi connectivity index (χ1n) is 7.38. The van der Waals surface area contributed by atoms with E-state index < -0.39 is 0 Å². The van der Waals surface area contributed by atoms with Crippen molar-refractivity contribution in [1.82, 2.24) is 15.3 Å². The van der Waals surface area contributed by atoms with Gasteiger partial charge in [-0.3, -0.25) is 0 Å². The molecule has 0 aliphatic rings. The fourth-order valence-corrected chi connectivity index (χ4v) is 2.37. The number of benzene rings is 1. The minimum atomic E-state index is 0.263. The highest BCUT2D eigenvalue weighted by Crippen LogP contribution is 2.19. The first-order valence-corrected chi connectivity index (χ1v) is 7.38. The van der Waals surface area contributed by atoms with Gasteiger partial charge in [-0.1, -0.05) is 19.1 Å². The van der Waals surface area contributed by atoms with Gasteiger partial charge in [0, 0.05) is 12.2 Å². The standard InChI is InChI=1S/C17H23N3O/c1-4-18-16(17-11-12-19-13(2)20-17)10-7-14-5-8-15(21-3)9-6-14/h5-6,8-9,11-12,16,18H,4,7,10H2,1-3H3. The summed E-state index contributed by atoms with van der Waals surface area (Å²) in [5.41, 5.74) is 2.38. The Bertz CT molecular complexity index is 554. The lowest BCUT2D eigenvalue weighted by Crippen LogP contribution is -2.22. The summed E-state index contributed by atoms with van der Waals surface area (Å²) in [4.78, 5) is 8.71. The number of hydrogen-bond acceptors (Lipinski definition) is 4. The number of hydrogen-bond donors (Lipinski definition) is 1. The number of nitrogens with one attached hydrogen (secondary N) is 1. The maximum absolute atomic E-state index is 5.19. The number of ether oxygens (including phenoxy) is 1. The molecule has 112 valence electrons. The van der Waals surface area contributed by atoms with E-state index in [1.807, 2.05) is 31.3 Å². The Morgan fingerprint density at radius 1 is 1.19 bits per heavy atom. The van der Waals surface area contributed by atoms with Gasteiger partial charge in [0.2, 0.25) is 0 Å². The van der Waals surface area contributed by atoms with Crippen LogP contribution in [-0.2, 0) is 6.42 Å². The Balaban J connectivity index is 2.02. The zero-order valence-corrected chi connectivity index (χ0v) is 13.0. The molecular formula is C17H23N3O. The molecule has 0 saturated heterocycles. The van der Waals surface area contributed by atoms with Gasteiger partial charge in [0.05, 0.1) is 12.8 Å². The molecule has 1 heterocycles. The van der Waals surface area contributed by atoms with Gasteiger partial charge < -0.3 is 10.1 Å². The average Bonchev–Trinajstić information content (AvgIpc) is 2.52. The molecule has 1 aromatic carbocycles. The van der Waals surface area contributed by atoms with Crippen LogP contribution in [0.25, 0.3) is 0 Å². The van der Waals surface area contributed by atoms with Gasteiger partial charge in [-0.2, -0.15) is 0 Å². The quantitative estimate of drug-likeness (QED) is 0.849. The van der Waals surface area contributed by atoms with E-state index in [2.05, 4.69) is 34.3 Å². The van der Waals surface area contributed by atoms with Crippen molar-refractivity contribution < 1.29 is 4.74 Å².